The molecule has 0 bridgehead atoms. The zero-order valence-electron chi connectivity index (χ0n) is 10.1. The third kappa shape index (κ3) is 1.49. The topological polar surface area (TPSA) is 18.5 Å². The first-order valence-electron chi connectivity index (χ1n) is 6.40. The van der Waals surface area contributed by atoms with E-state index in [-0.39, 0.29) is 6.10 Å². The van der Waals surface area contributed by atoms with E-state index in [0.29, 0.717) is 0 Å². The lowest BCUT2D eigenvalue weighted by atomic mass is 10.0. The predicted octanol–water partition coefficient (Wildman–Crippen LogP) is 3.30. The van der Waals surface area contributed by atoms with Crippen molar-refractivity contribution in [3.05, 3.63) is 59.2 Å². The van der Waals surface area contributed by atoms with Crippen LogP contribution in [0, 0.1) is 0 Å². The Balaban J connectivity index is 1.66. The minimum Gasteiger partial charge on any atom is -0.493 e. The summed E-state index contributed by atoms with van der Waals surface area (Å²) in [5, 5.41) is 0. The molecule has 0 radical (unpaired) electrons. The smallest absolute Gasteiger partial charge is 0.128 e. The molecule has 0 saturated carbocycles. The Labute approximate surface area is 106 Å². The molecule has 2 aliphatic heterocycles. The Morgan fingerprint density at radius 3 is 2.83 bits per heavy atom. The minimum absolute atomic E-state index is 0.160. The molecule has 0 N–H and O–H groups in total. The summed E-state index contributed by atoms with van der Waals surface area (Å²) < 4.78 is 11.5. The summed E-state index contributed by atoms with van der Waals surface area (Å²) in [5.41, 5.74) is 3.88. The van der Waals surface area contributed by atoms with Crippen molar-refractivity contribution in [2.45, 2.75) is 18.9 Å². The van der Waals surface area contributed by atoms with E-state index in [9.17, 15) is 0 Å². The zero-order chi connectivity index (χ0) is 11.9. The van der Waals surface area contributed by atoms with Crippen LogP contribution >= 0.6 is 0 Å². The number of hydrogen-bond acceptors (Lipinski definition) is 2. The average molecular weight is 238 g/mol. The van der Waals surface area contributed by atoms with Gasteiger partial charge in [-0.25, -0.2) is 0 Å². The quantitative estimate of drug-likeness (QED) is 0.759. The first-order valence-corrected chi connectivity index (χ1v) is 6.40. The second kappa shape index (κ2) is 3.77. The molecule has 0 fully saturated rings. The fraction of sp³-hybridized carbons (Fsp3) is 0.250. The van der Waals surface area contributed by atoms with Gasteiger partial charge >= 0.3 is 0 Å². The van der Waals surface area contributed by atoms with Crippen molar-refractivity contribution in [2.24, 2.45) is 0 Å². The van der Waals surface area contributed by atoms with Gasteiger partial charge in [0.1, 0.15) is 17.6 Å². The molecule has 2 nitrogen and oxygen atoms in total. The first-order chi connectivity index (χ1) is 8.90. The summed E-state index contributed by atoms with van der Waals surface area (Å²) in [5.74, 6) is 2.06. The Morgan fingerprint density at radius 2 is 1.89 bits per heavy atom. The number of rotatable bonds is 1. The Hall–Kier alpha value is -1.96. The van der Waals surface area contributed by atoms with E-state index >= 15 is 0 Å². The lowest BCUT2D eigenvalue weighted by Gasteiger charge is -2.12. The summed E-state index contributed by atoms with van der Waals surface area (Å²) in [6, 6.07) is 14.7. The van der Waals surface area contributed by atoms with Crippen LogP contribution in [0.15, 0.2) is 42.5 Å². The van der Waals surface area contributed by atoms with Gasteiger partial charge in [-0.1, -0.05) is 24.3 Å². The first kappa shape index (κ1) is 10.0. The van der Waals surface area contributed by atoms with Gasteiger partial charge in [0.2, 0.25) is 0 Å². The maximum atomic E-state index is 6.01. The standard InChI is InChI=1S/C16H14O2/c1-2-4-15-11(3-1)10-16(18-15)12-5-6-14-13(9-12)7-8-17-14/h1-6,9,16H,7-8,10H2. The van der Waals surface area contributed by atoms with Crippen LogP contribution in [0.2, 0.25) is 0 Å². The molecule has 2 heteroatoms. The van der Waals surface area contributed by atoms with Gasteiger partial charge in [-0.3, -0.25) is 0 Å². The second-order valence-corrected chi connectivity index (χ2v) is 4.88. The van der Waals surface area contributed by atoms with Crippen molar-refractivity contribution in [2.75, 3.05) is 6.61 Å². The van der Waals surface area contributed by atoms with Crippen molar-refractivity contribution in [3.63, 3.8) is 0 Å². The van der Waals surface area contributed by atoms with E-state index in [1.165, 1.54) is 16.7 Å². The van der Waals surface area contributed by atoms with Crippen LogP contribution in [0.25, 0.3) is 0 Å². The SMILES string of the molecule is c1ccc2c(c1)CC(c1ccc3c(c1)CCO3)O2. The van der Waals surface area contributed by atoms with E-state index in [2.05, 4.69) is 30.3 Å². The van der Waals surface area contributed by atoms with Gasteiger partial charge in [-0.2, -0.15) is 0 Å². The lowest BCUT2D eigenvalue weighted by Crippen LogP contribution is -2.03. The number of hydrogen-bond donors (Lipinski definition) is 0. The van der Waals surface area contributed by atoms with Gasteiger partial charge < -0.3 is 9.47 Å². The molecule has 4 rings (SSSR count). The molecule has 90 valence electrons. The highest BCUT2D eigenvalue weighted by Crippen LogP contribution is 2.38. The summed E-state index contributed by atoms with van der Waals surface area (Å²) in [4.78, 5) is 0. The Morgan fingerprint density at radius 1 is 0.944 bits per heavy atom. The van der Waals surface area contributed by atoms with Crippen LogP contribution in [0.5, 0.6) is 11.5 Å². The third-order valence-electron chi connectivity index (χ3n) is 3.73. The highest BCUT2D eigenvalue weighted by molar-refractivity contribution is 5.44. The third-order valence-corrected chi connectivity index (χ3v) is 3.73. The summed E-state index contributed by atoms with van der Waals surface area (Å²) in [6.07, 6.45) is 2.15. The van der Waals surface area contributed by atoms with E-state index in [0.717, 1.165) is 30.9 Å². The van der Waals surface area contributed by atoms with Crippen molar-refractivity contribution in [1.82, 2.24) is 0 Å². The van der Waals surface area contributed by atoms with E-state index in [1.807, 2.05) is 12.1 Å². The van der Waals surface area contributed by atoms with Crippen molar-refractivity contribution in [3.8, 4) is 11.5 Å². The van der Waals surface area contributed by atoms with E-state index < -0.39 is 0 Å². The summed E-state index contributed by atoms with van der Waals surface area (Å²) in [6.45, 7) is 0.810. The van der Waals surface area contributed by atoms with Gasteiger partial charge in [0, 0.05) is 12.8 Å². The lowest BCUT2D eigenvalue weighted by molar-refractivity contribution is 0.238. The average Bonchev–Trinajstić information content (AvgIpc) is 3.04. The summed E-state index contributed by atoms with van der Waals surface area (Å²) in [7, 11) is 0. The van der Waals surface area contributed by atoms with Crippen LogP contribution in [0.3, 0.4) is 0 Å². The number of ether oxygens (including phenoxy) is 2. The molecule has 0 amide bonds. The maximum absolute atomic E-state index is 6.01. The fourth-order valence-electron chi connectivity index (χ4n) is 2.77. The van der Waals surface area contributed by atoms with E-state index in [4.69, 9.17) is 9.47 Å². The van der Waals surface area contributed by atoms with Crippen LogP contribution in [0.4, 0.5) is 0 Å². The van der Waals surface area contributed by atoms with Gasteiger partial charge in [-0.15, -0.1) is 0 Å². The minimum atomic E-state index is 0.160. The van der Waals surface area contributed by atoms with Gasteiger partial charge in [0.25, 0.3) is 0 Å². The van der Waals surface area contributed by atoms with Gasteiger partial charge in [0.05, 0.1) is 6.61 Å². The van der Waals surface area contributed by atoms with Crippen molar-refractivity contribution < 1.29 is 9.47 Å². The van der Waals surface area contributed by atoms with Crippen LogP contribution in [-0.4, -0.2) is 6.61 Å². The van der Waals surface area contributed by atoms with Crippen LogP contribution in [-0.2, 0) is 12.8 Å². The molecule has 1 atom stereocenters. The molecule has 0 aliphatic carbocycles. The Bertz CT molecular complexity index is 579. The van der Waals surface area contributed by atoms with Crippen molar-refractivity contribution in [1.29, 1.82) is 0 Å². The molecule has 2 aliphatic rings. The molecular weight excluding hydrogens is 224 g/mol. The highest BCUT2D eigenvalue weighted by atomic mass is 16.5. The maximum Gasteiger partial charge on any atom is 0.128 e. The Kier molecular flexibility index (Phi) is 2.10. The zero-order valence-corrected chi connectivity index (χ0v) is 10.1. The molecular formula is C16H14O2. The number of para-hydroxylation sites is 1. The highest BCUT2D eigenvalue weighted by Gasteiger charge is 2.25. The predicted molar refractivity (Wildman–Crippen MR) is 69.2 cm³/mol. The van der Waals surface area contributed by atoms with E-state index in [1.54, 1.807) is 0 Å². The number of fused-ring (bicyclic) bond motifs is 2. The molecule has 18 heavy (non-hydrogen) atoms. The molecule has 1 unspecified atom stereocenters. The largest absolute Gasteiger partial charge is 0.493 e. The monoisotopic (exact) mass is 238 g/mol. The van der Waals surface area contributed by atoms with Crippen molar-refractivity contribution >= 4 is 0 Å². The molecule has 2 heterocycles. The molecule has 0 saturated heterocycles. The fourth-order valence-corrected chi connectivity index (χ4v) is 2.77. The van der Waals surface area contributed by atoms with Gasteiger partial charge in [-0.05, 0) is 34.9 Å². The van der Waals surface area contributed by atoms with Gasteiger partial charge in [0.15, 0.2) is 0 Å². The summed E-state index contributed by atoms with van der Waals surface area (Å²) >= 11 is 0. The molecule has 2 aromatic carbocycles. The molecule has 0 spiro atoms. The van der Waals surface area contributed by atoms with Crippen LogP contribution < -0.4 is 9.47 Å². The number of benzene rings is 2. The normalized spacial score (nSPS) is 19.9. The molecule has 0 aromatic heterocycles. The second-order valence-electron chi connectivity index (χ2n) is 4.88. The van der Waals surface area contributed by atoms with Crippen LogP contribution in [0.1, 0.15) is 22.8 Å². The molecule has 2 aromatic rings.